The molecule has 0 radical (unpaired) electrons. The van der Waals surface area contributed by atoms with E-state index in [4.69, 9.17) is 4.42 Å². The van der Waals surface area contributed by atoms with Gasteiger partial charge in [-0.15, -0.1) is 0 Å². The van der Waals surface area contributed by atoms with Crippen LogP contribution in [0.15, 0.2) is 15.5 Å². The smallest absolute Gasteiger partial charge is 0.157 e. The first-order chi connectivity index (χ1) is 8.10. The maximum Gasteiger partial charge on any atom is 0.157 e. The second kappa shape index (κ2) is 5.17. The molecule has 0 bridgehead atoms. The average Bonchev–Trinajstić information content (AvgIpc) is 2.85. The van der Waals surface area contributed by atoms with Gasteiger partial charge in [0.2, 0.25) is 0 Å². The fraction of sp³-hybridized carbons (Fsp3) is 0.615. The molecule has 17 heavy (non-hydrogen) atoms. The van der Waals surface area contributed by atoms with Gasteiger partial charge in [-0.1, -0.05) is 18.7 Å². The molecule has 0 amide bonds. The number of hydrogen-bond acceptors (Lipinski definition) is 4. The van der Waals surface area contributed by atoms with E-state index in [0.29, 0.717) is 6.04 Å². The maximum atomic E-state index is 5.56. The highest BCUT2D eigenvalue weighted by Gasteiger charge is 2.19. The lowest BCUT2D eigenvalue weighted by Gasteiger charge is -2.13. The Labute approximate surface area is 107 Å². The van der Waals surface area contributed by atoms with Crippen LogP contribution in [0.3, 0.4) is 0 Å². The molecule has 1 aromatic rings. The number of aryl methyl sites for hydroxylation is 2. The molecule has 0 aromatic carbocycles. The lowest BCUT2D eigenvalue weighted by Crippen LogP contribution is -2.23. The molecule has 2 rings (SSSR count). The molecule has 2 atom stereocenters. The zero-order valence-electron chi connectivity index (χ0n) is 10.9. The van der Waals surface area contributed by atoms with Crippen molar-refractivity contribution in [3.8, 4) is 0 Å². The topological polar surface area (TPSA) is 37.5 Å². The van der Waals surface area contributed by atoms with Gasteiger partial charge >= 0.3 is 0 Å². The summed E-state index contributed by atoms with van der Waals surface area (Å²) >= 11 is 1.82. The van der Waals surface area contributed by atoms with Crippen LogP contribution in [0, 0.1) is 13.8 Å². The summed E-state index contributed by atoms with van der Waals surface area (Å²) in [5, 5.41) is 4.54. The van der Waals surface area contributed by atoms with E-state index >= 15 is 0 Å². The van der Waals surface area contributed by atoms with E-state index in [1.165, 1.54) is 5.56 Å². The third-order valence-corrected chi connectivity index (χ3v) is 4.12. The second-order valence-corrected chi connectivity index (χ2v) is 5.55. The van der Waals surface area contributed by atoms with Crippen molar-refractivity contribution < 1.29 is 4.42 Å². The third-order valence-electron chi connectivity index (χ3n) is 3.07. The molecule has 1 aliphatic heterocycles. The Morgan fingerprint density at radius 1 is 1.59 bits per heavy atom. The van der Waals surface area contributed by atoms with Crippen LogP contribution in [0.25, 0.3) is 0 Å². The van der Waals surface area contributed by atoms with Gasteiger partial charge in [0.25, 0.3) is 0 Å². The zero-order valence-corrected chi connectivity index (χ0v) is 11.7. The minimum Gasteiger partial charge on any atom is -0.466 e. The fourth-order valence-corrected chi connectivity index (χ4v) is 3.19. The number of thioether (sulfide) groups is 1. The van der Waals surface area contributed by atoms with E-state index < -0.39 is 0 Å². The molecule has 0 fully saturated rings. The van der Waals surface area contributed by atoms with Crippen LogP contribution < -0.4 is 5.32 Å². The van der Waals surface area contributed by atoms with Crippen LogP contribution in [0.5, 0.6) is 0 Å². The molecule has 94 valence electrons. The van der Waals surface area contributed by atoms with Gasteiger partial charge in [0.05, 0.1) is 12.1 Å². The highest BCUT2D eigenvalue weighted by atomic mass is 32.2. The number of nitrogens with zero attached hydrogens (tertiary/aromatic N) is 1. The summed E-state index contributed by atoms with van der Waals surface area (Å²) in [5.74, 6) is 3.08. The van der Waals surface area contributed by atoms with Gasteiger partial charge in [0.15, 0.2) is 5.17 Å². The Balaban J connectivity index is 2.02. The highest BCUT2D eigenvalue weighted by Crippen LogP contribution is 2.24. The summed E-state index contributed by atoms with van der Waals surface area (Å²) in [4.78, 5) is 4.65. The van der Waals surface area contributed by atoms with Gasteiger partial charge in [-0.3, -0.25) is 4.99 Å². The summed E-state index contributed by atoms with van der Waals surface area (Å²) in [5.41, 5.74) is 1.23. The van der Waals surface area contributed by atoms with E-state index in [0.717, 1.165) is 28.9 Å². The minimum absolute atomic E-state index is 0.259. The van der Waals surface area contributed by atoms with E-state index in [1.54, 1.807) is 0 Å². The van der Waals surface area contributed by atoms with E-state index in [-0.39, 0.29) is 6.04 Å². The summed E-state index contributed by atoms with van der Waals surface area (Å²) in [6, 6.07) is 2.85. The van der Waals surface area contributed by atoms with Gasteiger partial charge in [0, 0.05) is 11.3 Å². The lowest BCUT2D eigenvalue weighted by molar-refractivity contribution is 0.497. The Kier molecular flexibility index (Phi) is 3.82. The highest BCUT2D eigenvalue weighted by molar-refractivity contribution is 8.14. The molecule has 0 aliphatic carbocycles. The standard InChI is InChI=1S/C13H20N2OS/c1-5-11-7-17-13(15-11)14-9(3)12-6-8(2)16-10(12)4/h6,9,11H,5,7H2,1-4H3,(H,14,15). The molecular weight excluding hydrogens is 232 g/mol. The average molecular weight is 252 g/mol. The molecule has 4 heteroatoms. The van der Waals surface area contributed by atoms with Crippen molar-refractivity contribution in [2.24, 2.45) is 4.99 Å². The molecular formula is C13H20N2OS. The predicted molar refractivity (Wildman–Crippen MR) is 73.7 cm³/mol. The van der Waals surface area contributed by atoms with Crippen molar-refractivity contribution in [1.29, 1.82) is 0 Å². The number of furan rings is 1. The van der Waals surface area contributed by atoms with Crippen LogP contribution in [-0.4, -0.2) is 17.0 Å². The first-order valence-corrected chi connectivity index (χ1v) is 7.12. The van der Waals surface area contributed by atoms with Crippen LogP contribution in [0.4, 0.5) is 0 Å². The predicted octanol–water partition coefficient (Wildman–Crippen LogP) is 3.43. The normalized spacial score (nSPS) is 21.4. The van der Waals surface area contributed by atoms with Crippen molar-refractivity contribution in [1.82, 2.24) is 5.32 Å². The summed E-state index contributed by atoms with van der Waals surface area (Å²) in [6.45, 7) is 8.33. The molecule has 3 nitrogen and oxygen atoms in total. The zero-order chi connectivity index (χ0) is 12.4. The SMILES string of the molecule is CCC1CSC(NC(C)c2cc(C)oc2C)=N1. The number of rotatable bonds is 3. The number of amidine groups is 1. The summed E-state index contributed by atoms with van der Waals surface area (Å²) < 4.78 is 5.56. The van der Waals surface area contributed by atoms with Crippen molar-refractivity contribution in [2.75, 3.05) is 5.75 Å². The van der Waals surface area contributed by atoms with E-state index in [9.17, 15) is 0 Å². The first kappa shape index (κ1) is 12.6. The fourth-order valence-electron chi connectivity index (χ4n) is 2.05. The minimum atomic E-state index is 0.259. The number of aliphatic imine (C=N–C) groups is 1. The summed E-state index contributed by atoms with van der Waals surface area (Å²) in [7, 11) is 0. The first-order valence-electron chi connectivity index (χ1n) is 6.14. The molecule has 1 aliphatic rings. The van der Waals surface area contributed by atoms with Crippen molar-refractivity contribution in [2.45, 2.75) is 46.2 Å². The maximum absolute atomic E-state index is 5.56. The molecule has 0 saturated heterocycles. The molecule has 2 heterocycles. The molecule has 1 N–H and O–H groups in total. The van der Waals surface area contributed by atoms with Crippen LogP contribution in [0.1, 0.15) is 43.4 Å². The second-order valence-electron chi connectivity index (χ2n) is 4.54. The van der Waals surface area contributed by atoms with Gasteiger partial charge in [-0.25, -0.2) is 0 Å². The Hall–Kier alpha value is -0.900. The molecule has 2 unspecified atom stereocenters. The molecule has 1 aromatic heterocycles. The van der Waals surface area contributed by atoms with E-state index in [2.05, 4.69) is 30.2 Å². The van der Waals surface area contributed by atoms with Gasteiger partial charge in [-0.2, -0.15) is 0 Å². The quantitative estimate of drug-likeness (QED) is 0.895. The van der Waals surface area contributed by atoms with Gasteiger partial charge in [0.1, 0.15) is 11.5 Å². The van der Waals surface area contributed by atoms with Gasteiger partial charge in [-0.05, 0) is 33.3 Å². The van der Waals surface area contributed by atoms with Crippen LogP contribution in [-0.2, 0) is 0 Å². The van der Waals surface area contributed by atoms with Crippen molar-refractivity contribution >= 4 is 16.9 Å². The third kappa shape index (κ3) is 2.86. The Bertz CT molecular complexity index is 425. The Morgan fingerprint density at radius 3 is 2.88 bits per heavy atom. The Morgan fingerprint density at radius 2 is 2.35 bits per heavy atom. The summed E-state index contributed by atoms with van der Waals surface area (Å²) in [6.07, 6.45) is 1.12. The molecule has 0 spiro atoms. The monoisotopic (exact) mass is 252 g/mol. The number of nitrogens with one attached hydrogen (secondary N) is 1. The molecule has 0 saturated carbocycles. The van der Waals surface area contributed by atoms with Crippen LogP contribution >= 0.6 is 11.8 Å². The van der Waals surface area contributed by atoms with Gasteiger partial charge < -0.3 is 9.73 Å². The van der Waals surface area contributed by atoms with E-state index in [1.807, 2.05) is 25.6 Å². The lowest BCUT2D eigenvalue weighted by atomic mass is 10.1. The largest absolute Gasteiger partial charge is 0.466 e. The van der Waals surface area contributed by atoms with Crippen LogP contribution in [0.2, 0.25) is 0 Å². The van der Waals surface area contributed by atoms with Crippen molar-refractivity contribution in [3.05, 3.63) is 23.2 Å². The van der Waals surface area contributed by atoms with Crippen molar-refractivity contribution in [3.63, 3.8) is 0 Å². The number of hydrogen-bond donors (Lipinski definition) is 1.